The second-order valence-corrected chi connectivity index (χ2v) is 6.22. The Morgan fingerprint density at radius 2 is 1.33 bits per heavy atom. The number of allylic oxidation sites excluding steroid dienone is 1. The smallest absolute Gasteiger partial charge is 0.0326 e. The van der Waals surface area contributed by atoms with Crippen LogP contribution in [-0.2, 0) is 0 Å². The lowest BCUT2D eigenvalue weighted by Gasteiger charge is -2.10. The van der Waals surface area contributed by atoms with Crippen molar-refractivity contribution in [3.05, 3.63) is 12.2 Å². The molecule has 0 heterocycles. The number of rotatable bonds is 13. The van der Waals surface area contributed by atoms with Crippen molar-refractivity contribution in [1.82, 2.24) is 0 Å². The molecule has 108 valence electrons. The van der Waals surface area contributed by atoms with Crippen LogP contribution in [0.2, 0.25) is 0 Å². The SMILES string of the molecule is C=C(C)CCCC(C)CCCCCCCCCC. The lowest BCUT2D eigenvalue weighted by Crippen LogP contribution is -1.95. The molecule has 0 N–H and O–H groups in total. The van der Waals surface area contributed by atoms with Crippen LogP contribution in [0.3, 0.4) is 0 Å². The molecule has 0 fully saturated rings. The average molecular weight is 252 g/mol. The normalized spacial score (nSPS) is 12.6. The highest BCUT2D eigenvalue weighted by molar-refractivity contribution is 4.87. The van der Waals surface area contributed by atoms with Crippen molar-refractivity contribution in [3.8, 4) is 0 Å². The summed E-state index contributed by atoms with van der Waals surface area (Å²) in [7, 11) is 0. The summed E-state index contributed by atoms with van der Waals surface area (Å²) in [5.41, 5.74) is 1.34. The third kappa shape index (κ3) is 13.8. The first-order valence-corrected chi connectivity index (χ1v) is 8.31. The van der Waals surface area contributed by atoms with Crippen LogP contribution < -0.4 is 0 Å². The van der Waals surface area contributed by atoms with Gasteiger partial charge in [-0.3, -0.25) is 0 Å². The van der Waals surface area contributed by atoms with Crippen molar-refractivity contribution in [1.29, 1.82) is 0 Å². The van der Waals surface area contributed by atoms with Crippen LogP contribution in [0.25, 0.3) is 0 Å². The summed E-state index contributed by atoms with van der Waals surface area (Å²) in [5, 5.41) is 0. The van der Waals surface area contributed by atoms with Crippen LogP contribution >= 0.6 is 0 Å². The van der Waals surface area contributed by atoms with Gasteiger partial charge in [0.15, 0.2) is 0 Å². The highest BCUT2D eigenvalue weighted by Gasteiger charge is 2.01. The molecular weight excluding hydrogens is 216 g/mol. The fourth-order valence-electron chi connectivity index (χ4n) is 2.52. The Morgan fingerprint density at radius 3 is 1.89 bits per heavy atom. The van der Waals surface area contributed by atoms with E-state index in [0.29, 0.717) is 0 Å². The summed E-state index contributed by atoms with van der Waals surface area (Å²) in [5.74, 6) is 0.921. The van der Waals surface area contributed by atoms with Crippen LogP contribution in [0.15, 0.2) is 12.2 Å². The summed E-state index contributed by atoms with van der Waals surface area (Å²) < 4.78 is 0. The van der Waals surface area contributed by atoms with E-state index in [4.69, 9.17) is 0 Å². The molecule has 0 aliphatic rings. The van der Waals surface area contributed by atoms with Gasteiger partial charge in [0.1, 0.15) is 0 Å². The predicted molar refractivity (Wildman–Crippen MR) is 85.1 cm³/mol. The van der Waals surface area contributed by atoms with Crippen LogP contribution in [0.4, 0.5) is 0 Å². The maximum absolute atomic E-state index is 3.97. The Kier molecular flexibility index (Phi) is 13.0. The zero-order valence-corrected chi connectivity index (χ0v) is 13.3. The topological polar surface area (TPSA) is 0 Å². The van der Waals surface area contributed by atoms with E-state index >= 15 is 0 Å². The molecule has 0 aromatic carbocycles. The molecule has 0 heteroatoms. The van der Waals surface area contributed by atoms with Crippen LogP contribution in [0.5, 0.6) is 0 Å². The maximum Gasteiger partial charge on any atom is -0.0326 e. The van der Waals surface area contributed by atoms with E-state index in [0.717, 1.165) is 5.92 Å². The first-order chi connectivity index (χ1) is 8.66. The average Bonchev–Trinajstić information content (AvgIpc) is 2.32. The van der Waals surface area contributed by atoms with E-state index in [1.165, 1.54) is 82.6 Å². The Bertz CT molecular complexity index is 180. The van der Waals surface area contributed by atoms with Gasteiger partial charge < -0.3 is 0 Å². The van der Waals surface area contributed by atoms with Gasteiger partial charge in [-0.15, -0.1) is 6.58 Å². The standard InChI is InChI=1S/C18H36/c1-5-6-7-8-9-10-11-12-15-18(4)16-13-14-17(2)3/h18H,2,5-16H2,1,3-4H3. The van der Waals surface area contributed by atoms with Crippen LogP contribution in [0, 0.1) is 5.92 Å². The molecule has 0 spiro atoms. The Balaban J connectivity index is 3.15. The molecule has 0 aromatic rings. The second-order valence-electron chi connectivity index (χ2n) is 6.22. The van der Waals surface area contributed by atoms with Crippen molar-refractivity contribution < 1.29 is 0 Å². The Morgan fingerprint density at radius 1 is 0.833 bits per heavy atom. The molecule has 0 aliphatic heterocycles. The number of hydrogen-bond acceptors (Lipinski definition) is 0. The van der Waals surface area contributed by atoms with Crippen LogP contribution in [0.1, 0.15) is 97.8 Å². The van der Waals surface area contributed by atoms with Gasteiger partial charge >= 0.3 is 0 Å². The number of hydrogen-bond donors (Lipinski definition) is 0. The minimum atomic E-state index is 0.921. The largest absolute Gasteiger partial charge is 0.100 e. The van der Waals surface area contributed by atoms with Crippen molar-refractivity contribution >= 4 is 0 Å². The summed E-state index contributed by atoms with van der Waals surface area (Å²) in [6.45, 7) is 10.8. The molecule has 0 amide bonds. The van der Waals surface area contributed by atoms with Gasteiger partial charge in [-0.25, -0.2) is 0 Å². The van der Waals surface area contributed by atoms with Gasteiger partial charge in [0.2, 0.25) is 0 Å². The fourth-order valence-corrected chi connectivity index (χ4v) is 2.52. The third-order valence-electron chi connectivity index (χ3n) is 3.85. The quantitative estimate of drug-likeness (QED) is 0.247. The van der Waals surface area contributed by atoms with Gasteiger partial charge in [0.25, 0.3) is 0 Å². The summed E-state index contributed by atoms with van der Waals surface area (Å²) in [6, 6.07) is 0. The predicted octanol–water partition coefficient (Wildman–Crippen LogP) is 6.90. The third-order valence-corrected chi connectivity index (χ3v) is 3.85. The molecule has 0 saturated carbocycles. The molecule has 0 radical (unpaired) electrons. The maximum atomic E-state index is 3.97. The molecule has 0 bridgehead atoms. The highest BCUT2D eigenvalue weighted by Crippen LogP contribution is 2.18. The lowest BCUT2D eigenvalue weighted by molar-refractivity contribution is 0.443. The zero-order valence-electron chi connectivity index (χ0n) is 13.3. The van der Waals surface area contributed by atoms with E-state index in [2.05, 4.69) is 27.4 Å². The lowest BCUT2D eigenvalue weighted by atomic mass is 9.96. The molecule has 1 unspecified atom stereocenters. The van der Waals surface area contributed by atoms with Gasteiger partial charge in [-0.2, -0.15) is 0 Å². The molecular formula is C18H36. The molecule has 1 atom stereocenters. The zero-order chi connectivity index (χ0) is 13.6. The van der Waals surface area contributed by atoms with Crippen molar-refractivity contribution in [3.63, 3.8) is 0 Å². The monoisotopic (exact) mass is 252 g/mol. The second kappa shape index (κ2) is 13.2. The van der Waals surface area contributed by atoms with Gasteiger partial charge in [0, 0.05) is 0 Å². The first kappa shape index (κ1) is 17.7. The van der Waals surface area contributed by atoms with E-state index in [1.54, 1.807) is 0 Å². The molecule has 0 saturated heterocycles. The summed E-state index contributed by atoms with van der Waals surface area (Å²) in [4.78, 5) is 0. The molecule has 0 aliphatic carbocycles. The van der Waals surface area contributed by atoms with Crippen molar-refractivity contribution in [2.75, 3.05) is 0 Å². The fraction of sp³-hybridized carbons (Fsp3) is 0.889. The summed E-state index contributed by atoms with van der Waals surface area (Å²) >= 11 is 0. The minimum absolute atomic E-state index is 0.921. The van der Waals surface area contributed by atoms with Gasteiger partial charge in [0.05, 0.1) is 0 Å². The molecule has 18 heavy (non-hydrogen) atoms. The Hall–Kier alpha value is -0.260. The van der Waals surface area contributed by atoms with E-state index in [9.17, 15) is 0 Å². The van der Waals surface area contributed by atoms with E-state index in [-0.39, 0.29) is 0 Å². The minimum Gasteiger partial charge on any atom is -0.100 e. The van der Waals surface area contributed by atoms with Crippen molar-refractivity contribution in [2.24, 2.45) is 5.92 Å². The Labute approximate surface area is 116 Å². The van der Waals surface area contributed by atoms with E-state index < -0.39 is 0 Å². The van der Waals surface area contributed by atoms with Crippen LogP contribution in [-0.4, -0.2) is 0 Å². The molecule has 0 rings (SSSR count). The highest BCUT2D eigenvalue weighted by atomic mass is 14.1. The van der Waals surface area contributed by atoms with Gasteiger partial charge in [-0.05, 0) is 25.7 Å². The first-order valence-electron chi connectivity index (χ1n) is 8.31. The molecule has 0 nitrogen and oxygen atoms in total. The van der Waals surface area contributed by atoms with Crippen molar-refractivity contribution in [2.45, 2.75) is 97.8 Å². The number of unbranched alkanes of at least 4 members (excludes halogenated alkanes) is 7. The van der Waals surface area contributed by atoms with Gasteiger partial charge in [-0.1, -0.05) is 83.6 Å². The van der Waals surface area contributed by atoms with E-state index in [1.807, 2.05) is 0 Å². The molecule has 0 aromatic heterocycles. The summed E-state index contributed by atoms with van der Waals surface area (Å²) in [6.07, 6.45) is 16.9.